The third kappa shape index (κ3) is 4.14. The first-order valence-corrected chi connectivity index (χ1v) is 9.03. The Morgan fingerprint density at radius 3 is 2.17 bits per heavy atom. The lowest BCUT2D eigenvalue weighted by molar-refractivity contribution is -0.113. The molecule has 1 atom stereocenters. The zero-order chi connectivity index (χ0) is 21.8. The highest BCUT2D eigenvalue weighted by Gasteiger charge is 2.32. The topological polar surface area (TPSA) is 97.9 Å². The first-order valence-electron chi connectivity index (χ1n) is 9.03. The van der Waals surface area contributed by atoms with E-state index in [1.807, 2.05) is 0 Å². The van der Waals surface area contributed by atoms with Gasteiger partial charge in [0.1, 0.15) is 5.82 Å². The first-order chi connectivity index (χ1) is 14.4. The number of ether oxygens (including phenoxy) is 3. The smallest absolute Gasteiger partial charge is 0.319 e. The molecule has 0 saturated carbocycles. The largest absolute Gasteiger partial charge is 0.493 e. The standard InChI is InChI=1S/C21H22FN3O5/c1-11-17(20(26)24-14-7-5-13(22)6-8-14)18(25-21(27)23-11)12-9-15(28-2)19(30-4)16(10-12)29-3/h5-10,18H,1-4H3,(H,24,26)(H2,23,25,27). The van der Waals surface area contributed by atoms with E-state index in [-0.39, 0.29) is 5.57 Å². The Balaban J connectivity index is 2.03. The molecule has 0 radical (unpaired) electrons. The van der Waals surface area contributed by atoms with E-state index in [0.29, 0.717) is 34.2 Å². The predicted molar refractivity (Wildman–Crippen MR) is 108 cm³/mol. The fraction of sp³-hybridized carbons (Fsp3) is 0.238. The molecule has 8 nitrogen and oxygen atoms in total. The number of carbonyl (C=O) groups excluding carboxylic acids is 2. The quantitative estimate of drug-likeness (QED) is 0.674. The third-order valence-corrected chi connectivity index (χ3v) is 4.64. The number of anilines is 1. The summed E-state index contributed by atoms with van der Waals surface area (Å²) in [5.74, 6) is 0.295. The molecule has 0 saturated heterocycles. The van der Waals surface area contributed by atoms with Crippen LogP contribution in [-0.2, 0) is 4.79 Å². The molecule has 3 rings (SSSR count). The van der Waals surface area contributed by atoms with Gasteiger partial charge in [-0.2, -0.15) is 0 Å². The van der Waals surface area contributed by atoms with Gasteiger partial charge in [-0.05, 0) is 48.9 Å². The molecule has 1 heterocycles. The Labute approximate surface area is 173 Å². The molecule has 1 aliphatic rings. The summed E-state index contributed by atoms with van der Waals surface area (Å²) in [4.78, 5) is 25.2. The fourth-order valence-corrected chi connectivity index (χ4v) is 3.24. The SMILES string of the molecule is COc1cc(C2NC(=O)NC(C)=C2C(=O)Nc2ccc(F)cc2)cc(OC)c1OC. The van der Waals surface area contributed by atoms with Crippen LogP contribution in [0.5, 0.6) is 17.2 Å². The zero-order valence-corrected chi connectivity index (χ0v) is 17.0. The number of nitrogens with one attached hydrogen (secondary N) is 3. The summed E-state index contributed by atoms with van der Waals surface area (Å²) in [6.45, 7) is 1.63. The minimum Gasteiger partial charge on any atom is -0.493 e. The number of halogens is 1. The average Bonchev–Trinajstić information content (AvgIpc) is 2.73. The molecule has 0 spiro atoms. The molecule has 0 bridgehead atoms. The van der Waals surface area contributed by atoms with Gasteiger partial charge in [-0.15, -0.1) is 0 Å². The number of benzene rings is 2. The van der Waals surface area contributed by atoms with Crippen LogP contribution in [0.15, 0.2) is 47.7 Å². The number of methoxy groups -OCH3 is 3. The van der Waals surface area contributed by atoms with Crippen LogP contribution < -0.4 is 30.2 Å². The maximum Gasteiger partial charge on any atom is 0.319 e. The number of urea groups is 1. The number of carbonyl (C=O) groups is 2. The van der Waals surface area contributed by atoms with Gasteiger partial charge in [0, 0.05) is 11.4 Å². The van der Waals surface area contributed by atoms with E-state index in [2.05, 4.69) is 16.0 Å². The Kier molecular flexibility index (Phi) is 6.10. The first kappa shape index (κ1) is 21.0. The van der Waals surface area contributed by atoms with Gasteiger partial charge in [0.2, 0.25) is 5.75 Å². The predicted octanol–water partition coefficient (Wildman–Crippen LogP) is 3.12. The molecule has 2 aromatic carbocycles. The van der Waals surface area contributed by atoms with Gasteiger partial charge in [-0.3, -0.25) is 4.79 Å². The van der Waals surface area contributed by atoms with Crippen LogP contribution in [0.1, 0.15) is 18.5 Å². The molecular weight excluding hydrogens is 393 g/mol. The van der Waals surface area contributed by atoms with Crippen LogP contribution in [-0.4, -0.2) is 33.3 Å². The van der Waals surface area contributed by atoms with Gasteiger partial charge in [0.15, 0.2) is 11.5 Å². The Bertz CT molecular complexity index is 979. The van der Waals surface area contributed by atoms with Crippen molar-refractivity contribution >= 4 is 17.6 Å². The summed E-state index contributed by atoms with van der Waals surface area (Å²) in [6.07, 6.45) is 0. The van der Waals surface area contributed by atoms with Crippen molar-refractivity contribution in [3.05, 3.63) is 59.0 Å². The van der Waals surface area contributed by atoms with Crippen LogP contribution in [0.3, 0.4) is 0 Å². The molecule has 1 aliphatic heterocycles. The van der Waals surface area contributed by atoms with Crippen molar-refractivity contribution in [3.8, 4) is 17.2 Å². The fourth-order valence-electron chi connectivity index (χ4n) is 3.24. The summed E-state index contributed by atoms with van der Waals surface area (Å²) in [6, 6.07) is 7.48. The normalized spacial score (nSPS) is 15.8. The van der Waals surface area contributed by atoms with Gasteiger partial charge in [-0.1, -0.05) is 0 Å². The van der Waals surface area contributed by atoms with E-state index >= 15 is 0 Å². The molecule has 30 heavy (non-hydrogen) atoms. The van der Waals surface area contributed by atoms with Gasteiger partial charge in [-0.25, -0.2) is 9.18 Å². The summed E-state index contributed by atoms with van der Waals surface area (Å²) >= 11 is 0. The summed E-state index contributed by atoms with van der Waals surface area (Å²) < 4.78 is 29.3. The monoisotopic (exact) mass is 415 g/mol. The summed E-state index contributed by atoms with van der Waals surface area (Å²) in [5, 5.41) is 8.08. The molecule has 9 heteroatoms. The molecule has 3 N–H and O–H groups in total. The lowest BCUT2D eigenvalue weighted by Crippen LogP contribution is -2.46. The van der Waals surface area contributed by atoms with E-state index in [0.717, 1.165) is 0 Å². The van der Waals surface area contributed by atoms with Crippen molar-refractivity contribution in [2.24, 2.45) is 0 Å². The van der Waals surface area contributed by atoms with Crippen LogP contribution in [0.25, 0.3) is 0 Å². The summed E-state index contributed by atoms with van der Waals surface area (Å²) in [7, 11) is 4.44. The molecule has 1 unspecified atom stereocenters. The number of hydrogen-bond acceptors (Lipinski definition) is 5. The Morgan fingerprint density at radius 1 is 1.03 bits per heavy atom. The molecule has 3 amide bonds. The Hall–Kier alpha value is -3.75. The van der Waals surface area contributed by atoms with Crippen molar-refractivity contribution in [3.63, 3.8) is 0 Å². The maximum atomic E-state index is 13.2. The van der Waals surface area contributed by atoms with Gasteiger partial charge in [0.05, 0.1) is 32.9 Å². The van der Waals surface area contributed by atoms with Crippen LogP contribution in [0.4, 0.5) is 14.9 Å². The van der Waals surface area contributed by atoms with E-state index in [1.54, 1.807) is 19.1 Å². The highest BCUT2D eigenvalue weighted by molar-refractivity contribution is 6.06. The van der Waals surface area contributed by atoms with E-state index in [1.165, 1.54) is 45.6 Å². The minimum absolute atomic E-state index is 0.285. The number of hydrogen-bond donors (Lipinski definition) is 3. The van der Waals surface area contributed by atoms with Crippen molar-refractivity contribution in [2.75, 3.05) is 26.6 Å². The lowest BCUT2D eigenvalue weighted by Gasteiger charge is -2.29. The average molecular weight is 415 g/mol. The molecule has 158 valence electrons. The van der Waals surface area contributed by atoms with E-state index in [4.69, 9.17) is 14.2 Å². The van der Waals surface area contributed by atoms with Crippen molar-refractivity contribution in [2.45, 2.75) is 13.0 Å². The second kappa shape index (κ2) is 8.73. The van der Waals surface area contributed by atoms with E-state index < -0.39 is 23.8 Å². The van der Waals surface area contributed by atoms with Crippen LogP contribution >= 0.6 is 0 Å². The molecule has 0 aliphatic carbocycles. The Morgan fingerprint density at radius 2 is 1.63 bits per heavy atom. The highest BCUT2D eigenvalue weighted by atomic mass is 19.1. The lowest BCUT2D eigenvalue weighted by atomic mass is 9.94. The number of amides is 3. The van der Waals surface area contributed by atoms with Gasteiger partial charge >= 0.3 is 6.03 Å². The second-order valence-corrected chi connectivity index (χ2v) is 6.49. The van der Waals surface area contributed by atoms with Crippen molar-refractivity contribution in [1.29, 1.82) is 0 Å². The van der Waals surface area contributed by atoms with Crippen LogP contribution in [0, 0.1) is 5.82 Å². The highest BCUT2D eigenvalue weighted by Crippen LogP contribution is 2.41. The zero-order valence-electron chi connectivity index (χ0n) is 17.0. The maximum absolute atomic E-state index is 13.2. The molecular formula is C21H22FN3O5. The van der Waals surface area contributed by atoms with Crippen LogP contribution in [0.2, 0.25) is 0 Å². The number of rotatable bonds is 6. The molecule has 2 aromatic rings. The second-order valence-electron chi connectivity index (χ2n) is 6.49. The third-order valence-electron chi connectivity index (χ3n) is 4.64. The van der Waals surface area contributed by atoms with Crippen molar-refractivity contribution in [1.82, 2.24) is 10.6 Å². The number of allylic oxidation sites excluding steroid dienone is 1. The van der Waals surface area contributed by atoms with E-state index in [9.17, 15) is 14.0 Å². The van der Waals surface area contributed by atoms with Gasteiger partial charge < -0.3 is 30.2 Å². The molecule has 0 aromatic heterocycles. The molecule has 0 fully saturated rings. The summed E-state index contributed by atoms with van der Waals surface area (Å²) in [5.41, 5.74) is 1.65. The van der Waals surface area contributed by atoms with Gasteiger partial charge in [0.25, 0.3) is 5.91 Å². The minimum atomic E-state index is -0.784. The van der Waals surface area contributed by atoms with Crippen molar-refractivity contribution < 1.29 is 28.2 Å².